The number of halogens is 1. The number of carbonyl (C=O) groups is 2. The molecule has 1 unspecified atom stereocenters. The zero-order chi connectivity index (χ0) is 15.3. The van der Waals surface area contributed by atoms with Gasteiger partial charge in [0.05, 0.1) is 18.1 Å². The van der Waals surface area contributed by atoms with Gasteiger partial charge in [-0.25, -0.2) is 0 Å². The highest BCUT2D eigenvalue weighted by atomic mass is 35.5. The number of amides is 1. The molecule has 0 heterocycles. The van der Waals surface area contributed by atoms with Crippen molar-refractivity contribution >= 4 is 24.3 Å². The Morgan fingerprint density at radius 1 is 1.32 bits per heavy atom. The maximum atomic E-state index is 12.0. The molecule has 0 radical (unpaired) electrons. The van der Waals surface area contributed by atoms with Gasteiger partial charge in [-0.2, -0.15) is 0 Å². The van der Waals surface area contributed by atoms with Crippen LogP contribution in [-0.2, 0) is 20.7 Å². The number of rotatable bonds is 7. The van der Waals surface area contributed by atoms with Crippen molar-refractivity contribution in [2.45, 2.75) is 31.7 Å². The molecule has 3 N–H and O–H groups in total. The lowest BCUT2D eigenvalue weighted by Gasteiger charge is -2.18. The van der Waals surface area contributed by atoms with Gasteiger partial charge in [0.15, 0.2) is 0 Å². The third-order valence-corrected chi connectivity index (χ3v) is 3.69. The van der Waals surface area contributed by atoms with Gasteiger partial charge >= 0.3 is 5.97 Å². The molecule has 1 fully saturated rings. The Morgan fingerprint density at radius 2 is 1.95 bits per heavy atom. The van der Waals surface area contributed by atoms with E-state index in [0.29, 0.717) is 25.9 Å². The molecule has 1 saturated carbocycles. The third-order valence-electron chi connectivity index (χ3n) is 3.69. The molecule has 0 aromatic heterocycles. The van der Waals surface area contributed by atoms with Crippen LogP contribution in [0.25, 0.3) is 0 Å². The van der Waals surface area contributed by atoms with Crippen LogP contribution in [0.2, 0.25) is 0 Å². The molecule has 1 aromatic carbocycles. The van der Waals surface area contributed by atoms with Crippen molar-refractivity contribution in [1.82, 2.24) is 5.32 Å². The first kappa shape index (κ1) is 18.5. The summed E-state index contributed by atoms with van der Waals surface area (Å²) in [4.78, 5) is 23.9. The zero-order valence-corrected chi connectivity index (χ0v) is 13.5. The first-order chi connectivity index (χ1) is 10.0. The van der Waals surface area contributed by atoms with E-state index in [4.69, 9.17) is 10.5 Å². The summed E-state index contributed by atoms with van der Waals surface area (Å²) in [5, 5.41) is 2.78. The summed E-state index contributed by atoms with van der Waals surface area (Å²) in [6.45, 7) is 2.36. The molecule has 122 valence electrons. The summed E-state index contributed by atoms with van der Waals surface area (Å²) in [6.07, 6.45) is 1.96. The van der Waals surface area contributed by atoms with Gasteiger partial charge in [0, 0.05) is 6.54 Å². The highest BCUT2D eigenvalue weighted by Gasteiger charge is 2.46. The van der Waals surface area contributed by atoms with E-state index >= 15 is 0 Å². The van der Waals surface area contributed by atoms with E-state index in [2.05, 4.69) is 5.32 Å². The molecule has 1 aliphatic carbocycles. The van der Waals surface area contributed by atoms with Crippen molar-refractivity contribution in [3.05, 3.63) is 35.9 Å². The van der Waals surface area contributed by atoms with Crippen molar-refractivity contribution < 1.29 is 14.3 Å². The maximum absolute atomic E-state index is 12.0. The number of nitrogens with two attached hydrogens (primary N) is 1. The highest BCUT2D eigenvalue weighted by molar-refractivity contribution is 5.89. The molecule has 0 spiro atoms. The summed E-state index contributed by atoms with van der Waals surface area (Å²) in [7, 11) is 0. The van der Waals surface area contributed by atoms with E-state index in [-0.39, 0.29) is 30.8 Å². The first-order valence-electron chi connectivity index (χ1n) is 7.33. The average Bonchev–Trinajstić information content (AvgIpc) is 3.23. The van der Waals surface area contributed by atoms with Gasteiger partial charge in [0.25, 0.3) is 0 Å². The normalized spacial score (nSPS) is 16.1. The average molecular weight is 327 g/mol. The fourth-order valence-electron chi connectivity index (χ4n) is 2.15. The molecule has 1 aliphatic rings. The van der Waals surface area contributed by atoms with Crippen LogP contribution in [0, 0.1) is 5.92 Å². The van der Waals surface area contributed by atoms with Crippen molar-refractivity contribution in [3.8, 4) is 0 Å². The third kappa shape index (κ3) is 5.00. The minimum atomic E-state index is -0.716. The monoisotopic (exact) mass is 326 g/mol. The largest absolute Gasteiger partial charge is 0.466 e. The Kier molecular flexibility index (Phi) is 6.84. The van der Waals surface area contributed by atoms with Crippen LogP contribution in [0.15, 0.2) is 30.3 Å². The molecule has 0 saturated heterocycles. The number of hydrogen-bond acceptors (Lipinski definition) is 4. The summed E-state index contributed by atoms with van der Waals surface area (Å²) in [6, 6.07) is 9.69. The van der Waals surface area contributed by atoms with Crippen LogP contribution < -0.4 is 11.1 Å². The predicted octanol–water partition coefficient (Wildman–Crippen LogP) is 1.44. The minimum Gasteiger partial charge on any atom is -0.466 e. The molecular weight excluding hydrogens is 304 g/mol. The molecule has 0 bridgehead atoms. The van der Waals surface area contributed by atoms with Gasteiger partial charge in [0.2, 0.25) is 5.91 Å². The van der Waals surface area contributed by atoms with Gasteiger partial charge in [-0.3, -0.25) is 9.59 Å². The second-order valence-corrected chi connectivity index (χ2v) is 5.50. The Hall–Kier alpha value is -1.59. The number of esters is 1. The molecule has 1 atom stereocenters. The Morgan fingerprint density at radius 3 is 2.50 bits per heavy atom. The summed E-state index contributed by atoms with van der Waals surface area (Å²) >= 11 is 0. The fraction of sp³-hybridized carbons (Fsp3) is 0.500. The number of carbonyl (C=O) groups excluding carboxylic acids is 2. The van der Waals surface area contributed by atoms with Crippen LogP contribution in [0.3, 0.4) is 0 Å². The van der Waals surface area contributed by atoms with Gasteiger partial charge < -0.3 is 15.8 Å². The van der Waals surface area contributed by atoms with E-state index < -0.39 is 11.5 Å². The highest BCUT2D eigenvalue weighted by Crippen LogP contribution is 2.32. The minimum absolute atomic E-state index is 0. The van der Waals surface area contributed by atoms with E-state index in [1.807, 2.05) is 30.3 Å². The van der Waals surface area contributed by atoms with E-state index in [1.165, 1.54) is 0 Å². The summed E-state index contributed by atoms with van der Waals surface area (Å²) in [5.41, 5.74) is 6.16. The van der Waals surface area contributed by atoms with Crippen molar-refractivity contribution in [1.29, 1.82) is 0 Å². The smallest absolute Gasteiger partial charge is 0.311 e. The topological polar surface area (TPSA) is 81.4 Å². The number of nitrogens with one attached hydrogen (secondary N) is 1. The number of benzene rings is 1. The van der Waals surface area contributed by atoms with Gasteiger partial charge in [-0.1, -0.05) is 30.3 Å². The van der Waals surface area contributed by atoms with Crippen LogP contribution in [-0.4, -0.2) is 30.6 Å². The van der Waals surface area contributed by atoms with E-state index in [0.717, 1.165) is 5.56 Å². The molecular formula is C16H23ClN2O3. The molecule has 6 heteroatoms. The molecule has 2 rings (SSSR count). The molecule has 5 nitrogen and oxygen atoms in total. The predicted molar refractivity (Wildman–Crippen MR) is 86.7 cm³/mol. The quantitative estimate of drug-likeness (QED) is 0.743. The summed E-state index contributed by atoms with van der Waals surface area (Å²) < 4.78 is 5.09. The van der Waals surface area contributed by atoms with Gasteiger partial charge in [0.1, 0.15) is 0 Å². The Balaban J connectivity index is 0.00000242. The zero-order valence-electron chi connectivity index (χ0n) is 12.7. The standard InChI is InChI=1S/C16H22N2O3.ClH/c1-2-21-14(19)13(10-12-6-4-3-5-7-12)11-18-15(20)16(17)8-9-16;/h3-7,13H,2,8-11,17H2,1H3,(H,18,20);1H. The molecule has 0 aliphatic heterocycles. The lowest BCUT2D eigenvalue weighted by Crippen LogP contribution is -2.45. The number of ether oxygens (including phenoxy) is 1. The second kappa shape index (κ2) is 8.15. The van der Waals surface area contributed by atoms with Crippen LogP contribution in [0.5, 0.6) is 0 Å². The van der Waals surface area contributed by atoms with Crippen molar-refractivity contribution in [3.63, 3.8) is 0 Å². The van der Waals surface area contributed by atoms with Crippen LogP contribution >= 0.6 is 12.4 Å². The van der Waals surface area contributed by atoms with Gasteiger partial charge in [-0.15, -0.1) is 12.4 Å². The van der Waals surface area contributed by atoms with Crippen molar-refractivity contribution in [2.24, 2.45) is 11.7 Å². The van der Waals surface area contributed by atoms with Crippen LogP contribution in [0.4, 0.5) is 0 Å². The lowest BCUT2D eigenvalue weighted by molar-refractivity contribution is -0.147. The second-order valence-electron chi connectivity index (χ2n) is 5.50. The first-order valence-corrected chi connectivity index (χ1v) is 7.33. The van der Waals surface area contributed by atoms with Gasteiger partial charge in [-0.05, 0) is 31.7 Å². The fourth-order valence-corrected chi connectivity index (χ4v) is 2.15. The lowest BCUT2D eigenvalue weighted by atomic mass is 9.99. The SMILES string of the molecule is CCOC(=O)C(CNC(=O)C1(N)CC1)Cc1ccccc1.Cl. The molecule has 22 heavy (non-hydrogen) atoms. The molecule has 1 amide bonds. The molecule has 1 aromatic rings. The summed E-state index contributed by atoms with van der Waals surface area (Å²) in [5.74, 6) is -0.855. The Labute approximate surface area is 137 Å². The number of hydrogen-bond donors (Lipinski definition) is 2. The maximum Gasteiger partial charge on any atom is 0.311 e. The van der Waals surface area contributed by atoms with E-state index in [9.17, 15) is 9.59 Å². The van der Waals surface area contributed by atoms with Crippen LogP contribution in [0.1, 0.15) is 25.3 Å². The van der Waals surface area contributed by atoms with E-state index in [1.54, 1.807) is 6.92 Å². The Bertz CT molecular complexity index is 503. The van der Waals surface area contributed by atoms with Crippen molar-refractivity contribution in [2.75, 3.05) is 13.2 Å².